The van der Waals surface area contributed by atoms with Crippen LogP contribution in [-0.4, -0.2) is 35.5 Å². The first kappa shape index (κ1) is 10.6. The molecule has 0 aliphatic carbocycles. The van der Waals surface area contributed by atoms with Crippen LogP contribution in [0.5, 0.6) is 0 Å². The Morgan fingerprint density at radius 2 is 1.88 bits per heavy atom. The third-order valence-corrected chi connectivity index (χ3v) is 4.85. The van der Waals surface area contributed by atoms with Crippen LogP contribution in [0.1, 0.15) is 11.1 Å². The summed E-state index contributed by atoms with van der Waals surface area (Å²) in [5, 5.41) is 4.27. The lowest BCUT2D eigenvalue weighted by Crippen LogP contribution is -2.38. The maximum Gasteiger partial charge on any atom is 0.0358 e. The van der Waals surface area contributed by atoms with Gasteiger partial charge in [-0.2, -0.15) is 11.8 Å². The van der Waals surface area contributed by atoms with Gasteiger partial charge in [0.2, 0.25) is 0 Å². The molecule has 2 heterocycles. The highest BCUT2D eigenvalue weighted by Crippen LogP contribution is 2.29. The van der Waals surface area contributed by atoms with Crippen LogP contribution in [0, 0.1) is 0 Å². The summed E-state index contributed by atoms with van der Waals surface area (Å²) in [5.74, 6) is 0. The number of nitrogens with zero attached hydrogens (tertiary/aromatic N) is 1. The molecule has 1 aromatic rings. The fourth-order valence-electron chi connectivity index (χ4n) is 2.84. The van der Waals surface area contributed by atoms with Crippen LogP contribution in [-0.2, 0) is 13.1 Å². The van der Waals surface area contributed by atoms with Crippen molar-refractivity contribution >= 4 is 11.8 Å². The van der Waals surface area contributed by atoms with E-state index < -0.39 is 0 Å². The lowest BCUT2D eigenvalue weighted by atomic mass is 10.1. The van der Waals surface area contributed by atoms with Gasteiger partial charge >= 0.3 is 0 Å². The zero-order chi connectivity index (χ0) is 11.0. The van der Waals surface area contributed by atoms with Crippen molar-refractivity contribution in [2.24, 2.45) is 0 Å². The summed E-state index contributed by atoms with van der Waals surface area (Å²) in [6, 6.07) is 9.56. The molecule has 2 aliphatic rings. The van der Waals surface area contributed by atoms with E-state index in [0.29, 0.717) is 6.04 Å². The summed E-state index contributed by atoms with van der Waals surface area (Å²) in [6.07, 6.45) is 2.23. The molecule has 2 nitrogen and oxygen atoms in total. The van der Waals surface area contributed by atoms with Crippen molar-refractivity contribution in [3.8, 4) is 0 Å². The second-order valence-electron chi connectivity index (χ2n) is 4.67. The van der Waals surface area contributed by atoms with E-state index >= 15 is 0 Å². The second-order valence-corrected chi connectivity index (χ2v) is 5.75. The molecule has 2 aliphatic heterocycles. The van der Waals surface area contributed by atoms with Crippen molar-refractivity contribution in [1.29, 1.82) is 0 Å². The number of hydrogen-bond donors (Lipinski definition) is 1. The molecular weight excluding hydrogens is 216 g/mol. The Balaban J connectivity index is 1.76. The van der Waals surface area contributed by atoms with E-state index in [9.17, 15) is 0 Å². The van der Waals surface area contributed by atoms with Gasteiger partial charge in [-0.3, -0.25) is 4.90 Å². The van der Waals surface area contributed by atoms with Crippen molar-refractivity contribution in [3.05, 3.63) is 35.4 Å². The second kappa shape index (κ2) is 4.40. The molecule has 0 bridgehead atoms. The molecule has 3 rings (SSSR count). The highest BCUT2D eigenvalue weighted by atomic mass is 32.2. The van der Waals surface area contributed by atoms with Gasteiger partial charge in [0.1, 0.15) is 0 Å². The number of hydrogen-bond acceptors (Lipinski definition) is 3. The maximum absolute atomic E-state index is 3.51. The Morgan fingerprint density at radius 1 is 1.19 bits per heavy atom. The van der Waals surface area contributed by atoms with Crippen LogP contribution >= 0.6 is 11.8 Å². The summed E-state index contributed by atoms with van der Waals surface area (Å²) in [6.45, 7) is 4.59. The lowest BCUT2D eigenvalue weighted by Gasteiger charge is -2.27. The van der Waals surface area contributed by atoms with Crippen molar-refractivity contribution in [1.82, 2.24) is 10.2 Å². The minimum atomic E-state index is 0.711. The number of rotatable bonds is 2. The quantitative estimate of drug-likeness (QED) is 0.838. The summed E-state index contributed by atoms with van der Waals surface area (Å²) >= 11 is 2.00. The Morgan fingerprint density at radius 3 is 2.50 bits per heavy atom. The molecular formula is C13H18N2S. The average Bonchev–Trinajstić information content (AvgIpc) is 2.94. The third-order valence-electron chi connectivity index (χ3n) is 3.77. The van der Waals surface area contributed by atoms with Crippen molar-refractivity contribution < 1.29 is 0 Å². The van der Waals surface area contributed by atoms with Crippen LogP contribution in [0.3, 0.4) is 0 Å². The topological polar surface area (TPSA) is 15.3 Å². The SMILES string of the molecule is CSC1CNCC1N1Cc2ccccc2C1. The van der Waals surface area contributed by atoms with Gasteiger partial charge in [-0.15, -0.1) is 0 Å². The molecule has 1 saturated heterocycles. The highest BCUT2D eigenvalue weighted by molar-refractivity contribution is 7.99. The Hall–Kier alpha value is -0.510. The number of thioether (sulfide) groups is 1. The van der Waals surface area contributed by atoms with Crippen LogP contribution < -0.4 is 5.32 Å². The minimum Gasteiger partial charge on any atom is -0.314 e. The summed E-state index contributed by atoms with van der Waals surface area (Å²) in [4.78, 5) is 2.63. The van der Waals surface area contributed by atoms with Crippen LogP contribution in [0.25, 0.3) is 0 Å². The molecule has 2 atom stereocenters. The molecule has 2 unspecified atom stereocenters. The Kier molecular flexibility index (Phi) is 2.92. The lowest BCUT2D eigenvalue weighted by molar-refractivity contribution is 0.216. The van der Waals surface area contributed by atoms with Gasteiger partial charge < -0.3 is 5.32 Å². The molecule has 1 aromatic carbocycles. The molecule has 86 valence electrons. The first-order valence-corrected chi connectivity index (χ1v) is 7.21. The Labute approximate surface area is 101 Å². The monoisotopic (exact) mass is 234 g/mol. The molecule has 1 N–H and O–H groups in total. The first-order valence-electron chi connectivity index (χ1n) is 5.93. The van der Waals surface area contributed by atoms with Crippen molar-refractivity contribution in [3.63, 3.8) is 0 Å². The normalized spacial score (nSPS) is 29.6. The molecule has 0 amide bonds. The van der Waals surface area contributed by atoms with E-state index in [0.717, 1.165) is 24.9 Å². The first-order chi connectivity index (χ1) is 7.88. The fourth-order valence-corrected chi connectivity index (χ4v) is 3.71. The molecule has 0 aromatic heterocycles. The largest absolute Gasteiger partial charge is 0.314 e. The van der Waals surface area contributed by atoms with Crippen LogP contribution in [0.15, 0.2) is 24.3 Å². The summed E-state index contributed by atoms with van der Waals surface area (Å²) in [5.41, 5.74) is 3.04. The minimum absolute atomic E-state index is 0.711. The van der Waals surface area contributed by atoms with Gasteiger partial charge in [0.05, 0.1) is 0 Å². The number of fused-ring (bicyclic) bond motifs is 1. The summed E-state index contributed by atoms with van der Waals surface area (Å²) in [7, 11) is 0. The molecule has 3 heteroatoms. The number of benzene rings is 1. The van der Waals surface area contributed by atoms with E-state index in [-0.39, 0.29) is 0 Å². The van der Waals surface area contributed by atoms with Gasteiger partial charge in [0, 0.05) is 37.5 Å². The smallest absolute Gasteiger partial charge is 0.0358 e. The molecule has 1 fully saturated rings. The van der Waals surface area contributed by atoms with Gasteiger partial charge in [-0.05, 0) is 17.4 Å². The van der Waals surface area contributed by atoms with E-state index in [2.05, 4.69) is 40.7 Å². The maximum atomic E-state index is 3.51. The van der Waals surface area contributed by atoms with Crippen molar-refractivity contribution in [2.75, 3.05) is 19.3 Å². The number of nitrogens with one attached hydrogen (secondary N) is 1. The average molecular weight is 234 g/mol. The zero-order valence-electron chi connectivity index (χ0n) is 9.65. The van der Waals surface area contributed by atoms with E-state index in [4.69, 9.17) is 0 Å². The van der Waals surface area contributed by atoms with Gasteiger partial charge in [-0.1, -0.05) is 24.3 Å². The standard InChI is InChI=1S/C13H18N2S/c1-16-13-7-14-6-12(13)15-8-10-4-2-3-5-11(10)9-15/h2-5,12-14H,6-9H2,1H3. The molecule has 16 heavy (non-hydrogen) atoms. The molecule has 0 radical (unpaired) electrons. The van der Waals surface area contributed by atoms with Crippen molar-refractivity contribution in [2.45, 2.75) is 24.4 Å². The Bertz CT molecular complexity index is 355. The highest BCUT2D eigenvalue weighted by Gasteiger charge is 2.34. The molecule has 0 spiro atoms. The van der Waals surface area contributed by atoms with E-state index in [1.54, 1.807) is 0 Å². The third kappa shape index (κ3) is 1.77. The van der Waals surface area contributed by atoms with Crippen LogP contribution in [0.2, 0.25) is 0 Å². The van der Waals surface area contributed by atoms with E-state index in [1.807, 2.05) is 11.8 Å². The van der Waals surface area contributed by atoms with Gasteiger partial charge in [0.15, 0.2) is 0 Å². The summed E-state index contributed by atoms with van der Waals surface area (Å²) < 4.78 is 0. The zero-order valence-corrected chi connectivity index (χ0v) is 10.5. The van der Waals surface area contributed by atoms with E-state index in [1.165, 1.54) is 17.7 Å². The van der Waals surface area contributed by atoms with Gasteiger partial charge in [0.25, 0.3) is 0 Å². The molecule has 0 saturated carbocycles. The van der Waals surface area contributed by atoms with Gasteiger partial charge in [-0.25, -0.2) is 0 Å². The fraction of sp³-hybridized carbons (Fsp3) is 0.538. The predicted octanol–water partition coefficient (Wildman–Crippen LogP) is 1.71. The predicted molar refractivity (Wildman–Crippen MR) is 69.6 cm³/mol. The van der Waals surface area contributed by atoms with Crippen LogP contribution in [0.4, 0.5) is 0 Å².